The molecule has 1 aromatic rings. The fraction of sp³-hybridized carbons (Fsp3) is 0.455. The Kier molecular flexibility index (Phi) is 3.46. The van der Waals surface area contributed by atoms with Crippen LogP contribution in [0, 0.1) is 0 Å². The molecule has 0 radical (unpaired) electrons. The highest BCUT2D eigenvalue weighted by atomic mass is 32.2. The lowest BCUT2D eigenvalue weighted by molar-refractivity contribution is -0.130. The minimum Gasteiger partial charge on any atom is -0.395 e. The third-order valence-electron chi connectivity index (χ3n) is 2.56. The van der Waals surface area contributed by atoms with E-state index < -0.39 is 0 Å². The third kappa shape index (κ3) is 2.05. The molecule has 5 heteroatoms. The molecule has 1 fully saturated rings. The largest absolute Gasteiger partial charge is 0.395 e. The number of thioether (sulfide) groups is 1. The van der Waals surface area contributed by atoms with Crippen LogP contribution in [0.2, 0.25) is 0 Å². The Morgan fingerprint density at radius 1 is 1.62 bits per heavy atom. The molecule has 2 heterocycles. The molecule has 1 amide bonds. The molecule has 0 bridgehead atoms. The molecule has 1 saturated heterocycles. The SMILES string of the molecule is CC1SC(c2cccnc2)N(CCO)C1=O. The fourth-order valence-electron chi connectivity index (χ4n) is 1.79. The Hall–Kier alpha value is -1.07. The van der Waals surface area contributed by atoms with Crippen molar-refractivity contribution in [2.24, 2.45) is 0 Å². The molecule has 0 aromatic carbocycles. The van der Waals surface area contributed by atoms with Crippen LogP contribution in [-0.2, 0) is 4.79 Å². The second-order valence-electron chi connectivity index (χ2n) is 3.67. The van der Waals surface area contributed by atoms with E-state index in [2.05, 4.69) is 4.98 Å². The number of aliphatic hydroxyl groups excluding tert-OH is 1. The van der Waals surface area contributed by atoms with Crippen molar-refractivity contribution in [2.75, 3.05) is 13.2 Å². The fourth-order valence-corrected chi connectivity index (χ4v) is 3.08. The first-order chi connectivity index (χ1) is 7.74. The summed E-state index contributed by atoms with van der Waals surface area (Å²) in [6, 6.07) is 3.82. The van der Waals surface area contributed by atoms with Gasteiger partial charge in [0.05, 0.1) is 11.9 Å². The Labute approximate surface area is 98.7 Å². The zero-order valence-electron chi connectivity index (χ0n) is 9.04. The van der Waals surface area contributed by atoms with Gasteiger partial charge in [-0.3, -0.25) is 9.78 Å². The van der Waals surface area contributed by atoms with E-state index in [1.807, 2.05) is 19.1 Å². The van der Waals surface area contributed by atoms with E-state index in [0.717, 1.165) is 5.56 Å². The molecule has 0 saturated carbocycles. The van der Waals surface area contributed by atoms with Gasteiger partial charge in [0, 0.05) is 24.5 Å². The molecule has 0 aliphatic carbocycles. The summed E-state index contributed by atoms with van der Waals surface area (Å²) in [7, 11) is 0. The van der Waals surface area contributed by atoms with Crippen LogP contribution in [0.4, 0.5) is 0 Å². The van der Waals surface area contributed by atoms with Crippen molar-refractivity contribution in [3.05, 3.63) is 30.1 Å². The van der Waals surface area contributed by atoms with Crippen LogP contribution in [0.1, 0.15) is 17.9 Å². The maximum atomic E-state index is 11.9. The molecule has 0 spiro atoms. The number of amides is 1. The van der Waals surface area contributed by atoms with Gasteiger partial charge in [0.15, 0.2) is 0 Å². The molecule has 1 aromatic heterocycles. The van der Waals surface area contributed by atoms with Crippen molar-refractivity contribution < 1.29 is 9.90 Å². The van der Waals surface area contributed by atoms with Crippen LogP contribution in [0.15, 0.2) is 24.5 Å². The first-order valence-electron chi connectivity index (χ1n) is 5.20. The predicted molar refractivity (Wildman–Crippen MR) is 62.8 cm³/mol. The van der Waals surface area contributed by atoms with Gasteiger partial charge in [0.25, 0.3) is 0 Å². The number of hydrogen-bond donors (Lipinski definition) is 1. The minimum absolute atomic E-state index is 0.00418. The summed E-state index contributed by atoms with van der Waals surface area (Å²) in [6.45, 7) is 2.28. The smallest absolute Gasteiger partial charge is 0.236 e. The van der Waals surface area contributed by atoms with E-state index in [-0.39, 0.29) is 23.1 Å². The highest BCUT2D eigenvalue weighted by Crippen LogP contribution is 2.42. The van der Waals surface area contributed by atoms with Gasteiger partial charge in [-0.1, -0.05) is 6.07 Å². The van der Waals surface area contributed by atoms with Crippen molar-refractivity contribution in [2.45, 2.75) is 17.5 Å². The number of carbonyl (C=O) groups excluding carboxylic acids is 1. The predicted octanol–water partition coefficient (Wildman–Crippen LogP) is 1.04. The maximum Gasteiger partial charge on any atom is 0.236 e. The van der Waals surface area contributed by atoms with Gasteiger partial charge in [-0.25, -0.2) is 0 Å². The van der Waals surface area contributed by atoms with E-state index in [1.54, 1.807) is 29.1 Å². The van der Waals surface area contributed by atoms with E-state index in [0.29, 0.717) is 6.54 Å². The summed E-state index contributed by atoms with van der Waals surface area (Å²) in [5, 5.41) is 8.92. The number of nitrogens with zero attached hydrogens (tertiary/aromatic N) is 2. The van der Waals surface area contributed by atoms with Gasteiger partial charge in [0.2, 0.25) is 5.91 Å². The van der Waals surface area contributed by atoms with Crippen LogP contribution < -0.4 is 0 Å². The lowest BCUT2D eigenvalue weighted by Crippen LogP contribution is -2.32. The van der Waals surface area contributed by atoms with Crippen LogP contribution in [0.3, 0.4) is 0 Å². The highest BCUT2D eigenvalue weighted by Gasteiger charge is 2.37. The summed E-state index contributed by atoms with van der Waals surface area (Å²) in [6.07, 6.45) is 3.48. The molecule has 86 valence electrons. The standard InChI is InChI=1S/C11H14N2O2S/c1-8-10(15)13(5-6-14)11(16-8)9-3-2-4-12-7-9/h2-4,7-8,11,14H,5-6H2,1H3. The maximum absolute atomic E-state index is 11.9. The number of aliphatic hydroxyl groups is 1. The van der Waals surface area contributed by atoms with E-state index in [9.17, 15) is 4.79 Å². The molecule has 2 rings (SSSR count). The molecule has 4 nitrogen and oxygen atoms in total. The lowest BCUT2D eigenvalue weighted by Gasteiger charge is -2.22. The minimum atomic E-state index is -0.0447. The number of rotatable bonds is 3. The zero-order chi connectivity index (χ0) is 11.5. The normalized spacial score (nSPS) is 25.1. The second kappa shape index (κ2) is 4.84. The zero-order valence-corrected chi connectivity index (χ0v) is 9.85. The average molecular weight is 238 g/mol. The molecular weight excluding hydrogens is 224 g/mol. The topological polar surface area (TPSA) is 53.4 Å². The summed E-state index contributed by atoms with van der Waals surface area (Å²) in [4.78, 5) is 17.6. The van der Waals surface area contributed by atoms with Crippen molar-refractivity contribution in [3.63, 3.8) is 0 Å². The molecule has 1 N–H and O–H groups in total. The molecule has 2 atom stereocenters. The van der Waals surface area contributed by atoms with E-state index in [1.165, 1.54) is 0 Å². The first kappa shape index (κ1) is 11.4. The Morgan fingerprint density at radius 2 is 2.44 bits per heavy atom. The van der Waals surface area contributed by atoms with Gasteiger partial charge in [-0.05, 0) is 13.0 Å². The number of β-amino-alcohol motifs (C(OH)–C–C–N with tert-alkyl or cyclic N) is 1. The third-order valence-corrected chi connectivity index (χ3v) is 3.95. The van der Waals surface area contributed by atoms with Gasteiger partial charge in [-0.2, -0.15) is 0 Å². The van der Waals surface area contributed by atoms with Crippen molar-refractivity contribution in [1.29, 1.82) is 0 Å². The summed E-state index contributed by atoms with van der Waals surface area (Å²) >= 11 is 1.60. The van der Waals surface area contributed by atoms with Gasteiger partial charge in [-0.15, -0.1) is 11.8 Å². The summed E-state index contributed by atoms with van der Waals surface area (Å²) in [5.41, 5.74) is 1.01. The number of carbonyl (C=O) groups is 1. The molecule has 1 aliphatic rings. The molecule has 2 unspecified atom stereocenters. The lowest BCUT2D eigenvalue weighted by atomic mass is 10.2. The first-order valence-corrected chi connectivity index (χ1v) is 6.15. The quantitative estimate of drug-likeness (QED) is 0.854. The molecule has 1 aliphatic heterocycles. The monoisotopic (exact) mass is 238 g/mol. The van der Waals surface area contributed by atoms with Crippen LogP contribution >= 0.6 is 11.8 Å². The van der Waals surface area contributed by atoms with Gasteiger partial charge in [0.1, 0.15) is 5.37 Å². The highest BCUT2D eigenvalue weighted by molar-refractivity contribution is 8.01. The van der Waals surface area contributed by atoms with Crippen LogP contribution in [0.25, 0.3) is 0 Å². The van der Waals surface area contributed by atoms with Crippen molar-refractivity contribution in [3.8, 4) is 0 Å². The van der Waals surface area contributed by atoms with Crippen LogP contribution in [0.5, 0.6) is 0 Å². The summed E-state index contributed by atoms with van der Waals surface area (Å²) < 4.78 is 0. The average Bonchev–Trinajstić information content (AvgIpc) is 2.59. The second-order valence-corrected chi connectivity index (χ2v) is 5.10. The van der Waals surface area contributed by atoms with E-state index >= 15 is 0 Å². The molecule has 16 heavy (non-hydrogen) atoms. The summed E-state index contributed by atoms with van der Waals surface area (Å²) in [5.74, 6) is 0.0907. The Balaban J connectivity index is 2.23. The van der Waals surface area contributed by atoms with Gasteiger partial charge >= 0.3 is 0 Å². The Bertz CT molecular complexity index is 372. The Morgan fingerprint density at radius 3 is 3.06 bits per heavy atom. The number of hydrogen-bond acceptors (Lipinski definition) is 4. The number of pyridine rings is 1. The van der Waals surface area contributed by atoms with Crippen molar-refractivity contribution >= 4 is 17.7 Å². The number of aromatic nitrogens is 1. The van der Waals surface area contributed by atoms with E-state index in [4.69, 9.17) is 5.11 Å². The van der Waals surface area contributed by atoms with Crippen molar-refractivity contribution in [1.82, 2.24) is 9.88 Å². The van der Waals surface area contributed by atoms with Gasteiger partial charge < -0.3 is 10.0 Å². The van der Waals surface area contributed by atoms with Crippen LogP contribution in [-0.4, -0.2) is 39.3 Å². The molecular formula is C11H14N2O2S.